The largest absolute Gasteiger partial charge is 0.344 e. The van der Waals surface area contributed by atoms with Crippen molar-refractivity contribution in [2.75, 3.05) is 26.2 Å². The number of carbonyl (C=O) groups is 2. The molecule has 1 aliphatic heterocycles. The highest BCUT2D eigenvalue weighted by Gasteiger charge is 2.27. The van der Waals surface area contributed by atoms with Gasteiger partial charge < -0.3 is 20.1 Å². The molecule has 2 heterocycles. The molecule has 0 atom stereocenters. The molecular formula is C19H24FN5O2. The van der Waals surface area contributed by atoms with Crippen molar-refractivity contribution in [2.24, 2.45) is 0 Å². The number of H-pyrrole nitrogens is 1. The lowest BCUT2D eigenvalue weighted by molar-refractivity contribution is 0.0664. The maximum absolute atomic E-state index is 13.8. The third-order valence-electron chi connectivity index (χ3n) is 5.51. The number of urea groups is 1. The molecule has 0 unspecified atom stereocenters. The quantitative estimate of drug-likeness (QED) is 0.849. The molecule has 7 nitrogen and oxygen atoms in total. The van der Waals surface area contributed by atoms with Gasteiger partial charge in [-0.15, -0.1) is 0 Å². The number of aromatic amines is 1. The molecule has 0 radical (unpaired) electrons. The van der Waals surface area contributed by atoms with E-state index in [1.807, 2.05) is 0 Å². The van der Waals surface area contributed by atoms with Crippen molar-refractivity contribution < 1.29 is 14.0 Å². The van der Waals surface area contributed by atoms with Gasteiger partial charge in [-0.2, -0.15) is 0 Å². The van der Waals surface area contributed by atoms with Gasteiger partial charge in [0.05, 0.1) is 17.4 Å². The van der Waals surface area contributed by atoms with Crippen LogP contribution in [0.3, 0.4) is 0 Å². The zero-order chi connectivity index (χ0) is 18.8. The van der Waals surface area contributed by atoms with Gasteiger partial charge in [-0.05, 0) is 25.0 Å². The summed E-state index contributed by atoms with van der Waals surface area (Å²) in [5, 5.41) is 3.11. The minimum Gasteiger partial charge on any atom is -0.344 e. The zero-order valence-corrected chi connectivity index (χ0v) is 15.2. The van der Waals surface area contributed by atoms with Crippen LogP contribution in [0.1, 0.15) is 42.5 Å². The third-order valence-corrected chi connectivity index (χ3v) is 5.51. The Morgan fingerprint density at radius 2 is 1.78 bits per heavy atom. The van der Waals surface area contributed by atoms with Gasteiger partial charge in [0.2, 0.25) is 0 Å². The van der Waals surface area contributed by atoms with Gasteiger partial charge in [0, 0.05) is 32.2 Å². The van der Waals surface area contributed by atoms with Crippen LogP contribution in [0.15, 0.2) is 18.5 Å². The first-order chi connectivity index (χ1) is 13.1. The average Bonchev–Trinajstić information content (AvgIpc) is 3.16. The van der Waals surface area contributed by atoms with Gasteiger partial charge in [0.25, 0.3) is 5.91 Å². The molecule has 2 aromatic rings. The normalized spacial score (nSPS) is 18.7. The minimum absolute atomic E-state index is 0.0468. The van der Waals surface area contributed by atoms with Crippen molar-refractivity contribution in [3.8, 4) is 0 Å². The number of hydrogen-bond donors (Lipinski definition) is 2. The first-order valence-corrected chi connectivity index (χ1v) is 9.59. The number of amides is 3. The van der Waals surface area contributed by atoms with Crippen LogP contribution in [0.4, 0.5) is 9.18 Å². The predicted octanol–water partition coefficient (Wildman–Crippen LogP) is 2.50. The van der Waals surface area contributed by atoms with E-state index in [-0.39, 0.29) is 23.5 Å². The van der Waals surface area contributed by atoms with Crippen molar-refractivity contribution in [3.05, 3.63) is 29.8 Å². The number of nitrogens with zero attached hydrogens (tertiary/aromatic N) is 3. The summed E-state index contributed by atoms with van der Waals surface area (Å²) in [7, 11) is 0. The summed E-state index contributed by atoms with van der Waals surface area (Å²) in [4.78, 5) is 35.7. The summed E-state index contributed by atoms with van der Waals surface area (Å²) < 4.78 is 13.8. The average molecular weight is 373 g/mol. The maximum atomic E-state index is 13.8. The van der Waals surface area contributed by atoms with E-state index in [0.717, 1.165) is 12.8 Å². The van der Waals surface area contributed by atoms with E-state index in [2.05, 4.69) is 15.3 Å². The number of nitrogens with one attached hydrogen (secondary N) is 2. The summed E-state index contributed by atoms with van der Waals surface area (Å²) in [5.41, 5.74) is 1.23. The van der Waals surface area contributed by atoms with E-state index in [9.17, 15) is 14.0 Å². The van der Waals surface area contributed by atoms with Gasteiger partial charge in [-0.1, -0.05) is 19.3 Å². The second kappa shape index (κ2) is 7.54. The van der Waals surface area contributed by atoms with Gasteiger partial charge in [0.1, 0.15) is 11.3 Å². The van der Waals surface area contributed by atoms with E-state index in [1.165, 1.54) is 37.7 Å². The Balaban J connectivity index is 1.37. The third kappa shape index (κ3) is 3.74. The van der Waals surface area contributed by atoms with E-state index >= 15 is 0 Å². The van der Waals surface area contributed by atoms with E-state index in [0.29, 0.717) is 37.2 Å². The molecule has 1 aliphatic carbocycles. The fourth-order valence-electron chi connectivity index (χ4n) is 3.97. The summed E-state index contributed by atoms with van der Waals surface area (Å²) in [6.45, 7) is 1.81. The Morgan fingerprint density at radius 1 is 1.07 bits per heavy atom. The molecule has 2 fully saturated rings. The van der Waals surface area contributed by atoms with Crippen LogP contribution in [0.5, 0.6) is 0 Å². The maximum Gasteiger partial charge on any atom is 0.317 e. The highest BCUT2D eigenvalue weighted by Crippen LogP contribution is 2.20. The first kappa shape index (κ1) is 17.8. The standard InChI is InChI=1S/C19H24FN5O2/c20-13-10-15(17-16(11-13)21-12-22-17)18(26)24-6-8-25(9-7-24)19(27)23-14-4-2-1-3-5-14/h10-12,14H,1-9H2,(H,21,22)(H,23,27). The molecule has 8 heteroatoms. The summed E-state index contributed by atoms with van der Waals surface area (Å²) in [6, 6.07) is 2.78. The molecule has 0 bridgehead atoms. The summed E-state index contributed by atoms with van der Waals surface area (Å²) in [5.74, 6) is -0.723. The van der Waals surface area contributed by atoms with E-state index in [1.54, 1.807) is 9.80 Å². The van der Waals surface area contributed by atoms with Gasteiger partial charge in [-0.3, -0.25) is 4.79 Å². The molecule has 1 saturated carbocycles. The highest BCUT2D eigenvalue weighted by atomic mass is 19.1. The molecular weight excluding hydrogens is 349 g/mol. The fourth-order valence-corrected chi connectivity index (χ4v) is 3.97. The Hall–Kier alpha value is -2.64. The molecule has 2 N–H and O–H groups in total. The number of rotatable bonds is 2. The lowest BCUT2D eigenvalue weighted by atomic mass is 9.96. The molecule has 27 heavy (non-hydrogen) atoms. The van der Waals surface area contributed by atoms with Gasteiger partial charge in [0.15, 0.2) is 0 Å². The number of aromatic nitrogens is 2. The monoisotopic (exact) mass is 373 g/mol. The molecule has 2 aliphatic rings. The van der Waals surface area contributed by atoms with Crippen molar-refractivity contribution in [1.29, 1.82) is 0 Å². The molecule has 1 aromatic carbocycles. The molecule has 0 spiro atoms. The summed E-state index contributed by atoms with van der Waals surface area (Å²) in [6.07, 6.45) is 7.13. The lowest BCUT2D eigenvalue weighted by Crippen LogP contribution is -2.54. The molecule has 144 valence electrons. The smallest absolute Gasteiger partial charge is 0.317 e. The van der Waals surface area contributed by atoms with Crippen molar-refractivity contribution in [3.63, 3.8) is 0 Å². The Kier molecular flexibility index (Phi) is 4.96. The number of benzene rings is 1. The van der Waals surface area contributed by atoms with Crippen molar-refractivity contribution >= 4 is 23.0 Å². The first-order valence-electron chi connectivity index (χ1n) is 9.59. The number of hydrogen-bond acceptors (Lipinski definition) is 3. The molecule has 4 rings (SSSR count). The Morgan fingerprint density at radius 3 is 2.52 bits per heavy atom. The number of carbonyl (C=O) groups excluding carboxylic acids is 2. The summed E-state index contributed by atoms with van der Waals surface area (Å²) >= 11 is 0. The molecule has 1 saturated heterocycles. The number of halogens is 1. The lowest BCUT2D eigenvalue weighted by Gasteiger charge is -2.36. The van der Waals surface area contributed by atoms with Crippen LogP contribution in [-0.2, 0) is 0 Å². The van der Waals surface area contributed by atoms with Crippen LogP contribution >= 0.6 is 0 Å². The second-order valence-corrected chi connectivity index (χ2v) is 7.32. The number of fused-ring (bicyclic) bond motifs is 1. The molecule has 1 aromatic heterocycles. The Labute approximate surface area is 156 Å². The van der Waals surface area contributed by atoms with Crippen LogP contribution in [0.2, 0.25) is 0 Å². The minimum atomic E-state index is -0.472. The van der Waals surface area contributed by atoms with Gasteiger partial charge >= 0.3 is 6.03 Å². The van der Waals surface area contributed by atoms with E-state index in [4.69, 9.17) is 0 Å². The van der Waals surface area contributed by atoms with Crippen LogP contribution in [0.25, 0.3) is 11.0 Å². The zero-order valence-electron chi connectivity index (χ0n) is 15.2. The number of imidazole rings is 1. The topological polar surface area (TPSA) is 81.3 Å². The number of piperazine rings is 1. The second-order valence-electron chi connectivity index (χ2n) is 7.32. The predicted molar refractivity (Wildman–Crippen MR) is 98.9 cm³/mol. The Bertz CT molecular complexity index is 838. The van der Waals surface area contributed by atoms with Crippen LogP contribution < -0.4 is 5.32 Å². The van der Waals surface area contributed by atoms with E-state index < -0.39 is 5.82 Å². The van der Waals surface area contributed by atoms with Crippen molar-refractivity contribution in [2.45, 2.75) is 38.1 Å². The van der Waals surface area contributed by atoms with Crippen LogP contribution in [-0.4, -0.2) is 63.9 Å². The fraction of sp³-hybridized carbons (Fsp3) is 0.526. The highest BCUT2D eigenvalue weighted by molar-refractivity contribution is 6.04. The van der Waals surface area contributed by atoms with Crippen molar-refractivity contribution in [1.82, 2.24) is 25.1 Å². The van der Waals surface area contributed by atoms with Crippen LogP contribution in [0, 0.1) is 5.82 Å². The SMILES string of the molecule is O=C(NC1CCCCC1)N1CCN(C(=O)c2cc(F)cc3[nH]cnc23)CC1. The molecule has 3 amide bonds. The van der Waals surface area contributed by atoms with Gasteiger partial charge in [-0.25, -0.2) is 14.2 Å².